The monoisotopic (exact) mass is 350 g/mol. The number of ether oxygens (including phenoxy) is 1. The van der Waals surface area contributed by atoms with Gasteiger partial charge < -0.3 is 14.3 Å². The predicted octanol–water partition coefficient (Wildman–Crippen LogP) is 4.39. The van der Waals surface area contributed by atoms with Crippen molar-refractivity contribution in [3.8, 4) is 22.8 Å². The van der Waals surface area contributed by atoms with E-state index in [2.05, 4.69) is 43.1 Å². The first-order valence-electron chi connectivity index (χ1n) is 8.03. The van der Waals surface area contributed by atoms with Crippen molar-refractivity contribution in [2.75, 3.05) is 7.11 Å². The third-order valence-electron chi connectivity index (χ3n) is 4.12. The lowest BCUT2D eigenvalue weighted by Crippen LogP contribution is -2.11. The van der Waals surface area contributed by atoms with Crippen LogP contribution in [0.2, 0.25) is 0 Å². The Morgan fingerprint density at radius 3 is 2.72 bits per heavy atom. The molecular weight excluding hydrogens is 332 g/mol. The normalized spacial score (nSPS) is 12.4. The minimum Gasteiger partial charge on any atom is -0.374 e. The largest absolute Gasteiger partial charge is 0.374 e. The SMILES string of the molecule is CO[C@@H](Cn1cnc(-c2ccccc2)c1-c1ncc[nH]1)c1cccs1. The summed E-state index contributed by atoms with van der Waals surface area (Å²) < 4.78 is 7.82. The number of nitrogens with zero attached hydrogens (tertiary/aromatic N) is 3. The van der Waals surface area contributed by atoms with E-state index in [4.69, 9.17) is 4.74 Å². The molecule has 0 saturated heterocycles. The molecule has 1 aromatic carbocycles. The van der Waals surface area contributed by atoms with E-state index in [-0.39, 0.29) is 6.10 Å². The van der Waals surface area contributed by atoms with Crippen molar-refractivity contribution < 1.29 is 4.74 Å². The maximum absolute atomic E-state index is 5.72. The number of nitrogens with one attached hydrogen (secondary N) is 1. The Morgan fingerprint density at radius 2 is 2.04 bits per heavy atom. The molecule has 25 heavy (non-hydrogen) atoms. The molecular formula is C19H18N4OS. The average Bonchev–Trinajstić information content (AvgIpc) is 3.41. The second kappa shape index (κ2) is 7.04. The van der Waals surface area contributed by atoms with E-state index in [0.717, 1.165) is 22.8 Å². The first kappa shape index (κ1) is 15.8. The number of aromatic nitrogens is 4. The van der Waals surface area contributed by atoms with Gasteiger partial charge in [0.05, 0.1) is 18.6 Å². The summed E-state index contributed by atoms with van der Waals surface area (Å²) in [6.45, 7) is 0.673. The molecule has 0 aliphatic carbocycles. The highest BCUT2D eigenvalue weighted by Gasteiger charge is 2.20. The van der Waals surface area contributed by atoms with Gasteiger partial charge in [0.25, 0.3) is 0 Å². The van der Waals surface area contributed by atoms with E-state index >= 15 is 0 Å². The van der Waals surface area contributed by atoms with Crippen LogP contribution in [0.1, 0.15) is 11.0 Å². The van der Waals surface area contributed by atoms with E-state index in [1.54, 1.807) is 24.6 Å². The zero-order valence-electron chi connectivity index (χ0n) is 13.8. The van der Waals surface area contributed by atoms with Crippen LogP contribution in [0.3, 0.4) is 0 Å². The van der Waals surface area contributed by atoms with E-state index in [9.17, 15) is 0 Å². The van der Waals surface area contributed by atoms with Gasteiger partial charge in [-0.25, -0.2) is 9.97 Å². The Morgan fingerprint density at radius 1 is 1.16 bits per heavy atom. The summed E-state index contributed by atoms with van der Waals surface area (Å²) in [5.74, 6) is 0.803. The van der Waals surface area contributed by atoms with Gasteiger partial charge in [0.2, 0.25) is 0 Å². The number of rotatable bonds is 6. The Balaban J connectivity index is 1.77. The number of H-pyrrole nitrogens is 1. The molecule has 0 amide bonds. The zero-order valence-corrected chi connectivity index (χ0v) is 14.6. The second-order valence-electron chi connectivity index (χ2n) is 5.64. The number of aromatic amines is 1. The second-order valence-corrected chi connectivity index (χ2v) is 6.62. The van der Waals surface area contributed by atoms with Gasteiger partial charge in [0.15, 0.2) is 5.82 Å². The molecule has 3 aromatic heterocycles. The van der Waals surface area contributed by atoms with Crippen molar-refractivity contribution in [2.45, 2.75) is 12.6 Å². The van der Waals surface area contributed by atoms with Gasteiger partial charge in [-0.2, -0.15) is 0 Å². The standard InChI is InChI=1S/C19H18N4OS/c1-24-15(16-8-5-11-25-16)12-23-13-22-17(14-6-3-2-4-7-14)18(23)19-20-9-10-21-19/h2-11,13,15H,12H2,1H3,(H,20,21)/t15-/m0/s1. The van der Waals surface area contributed by atoms with Crippen LogP contribution in [0.5, 0.6) is 0 Å². The van der Waals surface area contributed by atoms with Crippen LogP contribution in [0.25, 0.3) is 22.8 Å². The molecule has 0 unspecified atom stereocenters. The van der Waals surface area contributed by atoms with Crippen molar-refractivity contribution in [3.05, 3.63) is 71.4 Å². The fourth-order valence-corrected chi connectivity index (χ4v) is 3.70. The van der Waals surface area contributed by atoms with E-state index < -0.39 is 0 Å². The van der Waals surface area contributed by atoms with Crippen LogP contribution >= 0.6 is 11.3 Å². The smallest absolute Gasteiger partial charge is 0.156 e. The molecule has 0 aliphatic heterocycles. The predicted molar refractivity (Wildman–Crippen MR) is 99.3 cm³/mol. The van der Waals surface area contributed by atoms with Crippen LogP contribution in [0, 0.1) is 0 Å². The summed E-state index contributed by atoms with van der Waals surface area (Å²) in [6.07, 6.45) is 5.43. The van der Waals surface area contributed by atoms with Gasteiger partial charge in [-0.1, -0.05) is 36.4 Å². The van der Waals surface area contributed by atoms with Gasteiger partial charge in [-0.15, -0.1) is 11.3 Å². The number of thiophene rings is 1. The molecule has 126 valence electrons. The summed E-state index contributed by atoms with van der Waals surface area (Å²) in [6, 6.07) is 14.3. The number of imidazole rings is 2. The van der Waals surface area contributed by atoms with E-state index in [0.29, 0.717) is 6.54 Å². The Labute approximate surface area is 150 Å². The molecule has 1 N–H and O–H groups in total. The highest BCUT2D eigenvalue weighted by molar-refractivity contribution is 7.10. The van der Waals surface area contributed by atoms with Gasteiger partial charge in [0.1, 0.15) is 11.8 Å². The molecule has 1 atom stereocenters. The third-order valence-corrected chi connectivity index (χ3v) is 5.08. The molecule has 0 saturated carbocycles. The van der Waals surface area contributed by atoms with Gasteiger partial charge in [-0.3, -0.25) is 0 Å². The molecule has 0 fully saturated rings. The average molecular weight is 350 g/mol. The first-order chi connectivity index (χ1) is 12.4. The summed E-state index contributed by atoms with van der Waals surface area (Å²) >= 11 is 1.70. The fourth-order valence-electron chi connectivity index (χ4n) is 2.90. The van der Waals surface area contributed by atoms with Crippen LogP contribution in [0.15, 0.2) is 66.6 Å². The van der Waals surface area contributed by atoms with Crippen molar-refractivity contribution in [3.63, 3.8) is 0 Å². The van der Waals surface area contributed by atoms with Crippen molar-refractivity contribution in [2.24, 2.45) is 0 Å². The van der Waals surface area contributed by atoms with Crippen LogP contribution in [0.4, 0.5) is 0 Å². The Hall–Kier alpha value is -2.70. The van der Waals surface area contributed by atoms with Gasteiger partial charge in [-0.05, 0) is 11.4 Å². The number of hydrogen-bond donors (Lipinski definition) is 1. The summed E-state index contributed by atoms with van der Waals surface area (Å²) in [5.41, 5.74) is 2.95. The highest BCUT2D eigenvalue weighted by Crippen LogP contribution is 2.31. The molecule has 0 spiro atoms. The molecule has 6 heteroatoms. The first-order valence-corrected chi connectivity index (χ1v) is 8.91. The molecule has 0 radical (unpaired) electrons. The maximum atomic E-state index is 5.72. The zero-order chi connectivity index (χ0) is 17.1. The quantitative estimate of drug-likeness (QED) is 0.561. The number of benzene rings is 1. The van der Waals surface area contributed by atoms with Crippen LogP contribution < -0.4 is 0 Å². The minimum atomic E-state index is -0.0217. The van der Waals surface area contributed by atoms with Gasteiger partial charge in [0, 0.05) is 29.9 Å². The van der Waals surface area contributed by atoms with Gasteiger partial charge >= 0.3 is 0 Å². The third kappa shape index (κ3) is 3.14. The number of methoxy groups -OCH3 is 1. The lowest BCUT2D eigenvalue weighted by Gasteiger charge is -2.16. The lowest BCUT2D eigenvalue weighted by molar-refractivity contribution is 0.0911. The van der Waals surface area contributed by atoms with Crippen molar-refractivity contribution in [1.29, 1.82) is 0 Å². The topological polar surface area (TPSA) is 55.7 Å². The molecule has 0 aliphatic rings. The maximum Gasteiger partial charge on any atom is 0.156 e. The molecule has 5 nitrogen and oxygen atoms in total. The molecule has 3 heterocycles. The minimum absolute atomic E-state index is 0.0217. The summed E-state index contributed by atoms with van der Waals surface area (Å²) in [7, 11) is 1.74. The van der Waals surface area contributed by atoms with Crippen LogP contribution in [-0.4, -0.2) is 26.6 Å². The van der Waals surface area contributed by atoms with E-state index in [1.807, 2.05) is 36.8 Å². The Kier molecular flexibility index (Phi) is 4.45. The summed E-state index contributed by atoms with van der Waals surface area (Å²) in [4.78, 5) is 13.5. The molecule has 0 bridgehead atoms. The molecule has 4 rings (SSSR count). The van der Waals surface area contributed by atoms with Crippen LogP contribution in [-0.2, 0) is 11.3 Å². The molecule has 4 aromatic rings. The van der Waals surface area contributed by atoms with E-state index in [1.165, 1.54) is 4.88 Å². The lowest BCUT2D eigenvalue weighted by atomic mass is 10.1. The van der Waals surface area contributed by atoms with Crippen molar-refractivity contribution in [1.82, 2.24) is 19.5 Å². The fraction of sp³-hybridized carbons (Fsp3) is 0.158. The number of hydrogen-bond acceptors (Lipinski definition) is 4. The van der Waals surface area contributed by atoms with Crippen molar-refractivity contribution >= 4 is 11.3 Å². The Bertz CT molecular complexity index is 914. The highest BCUT2D eigenvalue weighted by atomic mass is 32.1. The summed E-state index contributed by atoms with van der Waals surface area (Å²) in [5, 5.41) is 2.07.